The highest BCUT2D eigenvalue weighted by atomic mass is 15.2. The van der Waals surface area contributed by atoms with E-state index in [-0.39, 0.29) is 0 Å². The molecule has 2 aliphatic heterocycles. The fraction of sp³-hybridized carbons (Fsp3) is 0.706. The molecule has 1 N–H and O–H groups in total. The van der Waals surface area contributed by atoms with Gasteiger partial charge >= 0.3 is 0 Å². The summed E-state index contributed by atoms with van der Waals surface area (Å²) in [5, 5.41) is 3.72. The van der Waals surface area contributed by atoms with Gasteiger partial charge in [-0.3, -0.25) is 0 Å². The quantitative estimate of drug-likeness (QED) is 0.896. The minimum absolute atomic E-state index is 0.619. The van der Waals surface area contributed by atoms with Gasteiger partial charge in [-0.2, -0.15) is 0 Å². The van der Waals surface area contributed by atoms with Gasteiger partial charge in [0, 0.05) is 23.8 Å². The summed E-state index contributed by atoms with van der Waals surface area (Å²) in [6.07, 6.45) is 10.4. The van der Waals surface area contributed by atoms with Crippen molar-refractivity contribution in [3.05, 3.63) is 23.4 Å². The van der Waals surface area contributed by atoms with Gasteiger partial charge in [-0.1, -0.05) is 12.5 Å². The highest BCUT2D eigenvalue weighted by molar-refractivity contribution is 5.41. The predicted octanol–water partition coefficient (Wildman–Crippen LogP) is 3.00. The Morgan fingerprint density at radius 1 is 1.10 bits per heavy atom. The van der Waals surface area contributed by atoms with Crippen molar-refractivity contribution in [1.82, 2.24) is 9.88 Å². The van der Waals surface area contributed by atoms with Crippen LogP contribution < -0.4 is 5.32 Å². The summed E-state index contributed by atoms with van der Waals surface area (Å²) in [4.78, 5) is 7.46. The molecule has 3 nitrogen and oxygen atoms in total. The van der Waals surface area contributed by atoms with E-state index in [4.69, 9.17) is 4.98 Å². The molecule has 2 saturated heterocycles. The van der Waals surface area contributed by atoms with Gasteiger partial charge in [-0.05, 0) is 63.6 Å². The summed E-state index contributed by atoms with van der Waals surface area (Å²) in [7, 11) is 2.32. The Morgan fingerprint density at radius 2 is 1.90 bits per heavy atom. The molecule has 2 fully saturated rings. The maximum Gasteiger partial charge on any atom is 0.126 e. The van der Waals surface area contributed by atoms with Crippen LogP contribution in [0.5, 0.6) is 0 Å². The first-order valence-electron chi connectivity index (χ1n) is 8.27. The van der Waals surface area contributed by atoms with Crippen LogP contribution in [0.3, 0.4) is 0 Å². The zero-order chi connectivity index (χ0) is 13.5. The average molecular weight is 271 g/mol. The van der Waals surface area contributed by atoms with Crippen molar-refractivity contribution in [1.29, 1.82) is 0 Å². The van der Waals surface area contributed by atoms with Crippen molar-refractivity contribution < 1.29 is 0 Å². The number of aryl methyl sites for hydroxylation is 2. The zero-order valence-corrected chi connectivity index (χ0v) is 12.4. The molecule has 0 spiro atoms. The lowest BCUT2D eigenvalue weighted by Gasteiger charge is -2.47. The van der Waals surface area contributed by atoms with Crippen molar-refractivity contribution in [3.63, 3.8) is 0 Å². The van der Waals surface area contributed by atoms with E-state index >= 15 is 0 Å². The molecule has 0 aromatic carbocycles. The summed E-state index contributed by atoms with van der Waals surface area (Å²) in [5.41, 5.74) is 2.80. The molecule has 2 bridgehead atoms. The first-order chi connectivity index (χ1) is 9.79. The number of aromatic nitrogens is 1. The topological polar surface area (TPSA) is 28.2 Å². The van der Waals surface area contributed by atoms with Gasteiger partial charge in [0.05, 0.1) is 0 Å². The second kappa shape index (κ2) is 5.03. The third kappa shape index (κ3) is 2.22. The fourth-order valence-corrected chi connectivity index (χ4v) is 4.44. The number of piperidine rings is 2. The van der Waals surface area contributed by atoms with E-state index in [0.717, 1.165) is 17.9 Å². The monoisotopic (exact) mass is 271 g/mol. The maximum absolute atomic E-state index is 4.84. The van der Waals surface area contributed by atoms with Crippen LogP contribution in [0.1, 0.15) is 49.8 Å². The number of anilines is 1. The van der Waals surface area contributed by atoms with Crippen molar-refractivity contribution in [2.75, 3.05) is 12.4 Å². The lowest BCUT2D eigenvalue weighted by Crippen LogP contribution is -2.52. The summed E-state index contributed by atoms with van der Waals surface area (Å²) < 4.78 is 0. The SMILES string of the molecule is CN1C2CCCC1CC(Nc1ccc3c(n1)CCC3)C2. The number of fused-ring (bicyclic) bond motifs is 3. The number of nitrogens with one attached hydrogen (secondary N) is 1. The Bertz CT molecular complexity index is 485. The molecule has 2 unspecified atom stereocenters. The van der Waals surface area contributed by atoms with Crippen LogP contribution in [0.25, 0.3) is 0 Å². The normalized spacial score (nSPS) is 33.0. The molecule has 3 aliphatic rings. The Kier molecular flexibility index (Phi) is 3.18. The average Bonchev–Trinajstić information content (AvgIpc) is 2.87. The first-order valence-corrected chi connectivity index (χ1v) is 8.27. The van der Waals surface area contributed by atoms with Crippen LogP contribution in [0, 0.1) is 0 Å². The third-order valence-electron chi connectivity index (χ3n) is 5.62. The highest BCUT2D eigenvalue weighted by Gasteiger charge is 2.35. The van der Waals surface area contributed by atoms with Gasteiger partial charge in [-0.15, -0.1) is 0 Å². The van der Waals surface area contributed by atoms with E-state index < -0.39 is 0 Å². The summed E-state index contributed by atoms with van der Waals surface area (Å²) >= 11 is 0. The Morgan fingerprint density at radius 3 is 2.70 bits per heavy atom. The van der Waals surface area contributed by atoms with Crippen molar-refractivity contribution in [3.8, 4) is 0 Å². The molecule has 0 radical (unpaired) electrons. The van der Waals surface area contributed by atoms with Crippen LogP contribution in [0.2, 0.25) is 0 Å². The maximum atomic E-state index is 4.84. The van der Waals surface area contributed by atoms with Crippen LogP contribution in [-0.4, -0.2) is 35.1 Å². The largest absolute Gasteiger partial charge is 0.367 e. The summed E-state index contributed by atoms with van der Waals surface area (Å²) in [5.74, 6) is 1.11. The summed E-state index contributed by atoms with van der Waals surface area (Å²) in [6.45, 7) is 0. The van der Waals surface area contributed by atoms with E-state index in [0.29, 0.717) is 6.04 Å². The molecule has 0 amide bonds. The molecule has 3 heteroatoms. The zero-order valence-electron chi connectivity index (χ0n) is 12.4. The van der Waals surface area contributed by atoms with Crippen molar-refractivity contribution in [2.24, 2.45) is 0 Å². The second-order valence-corrected chi connectivity index (χ2v) is 6.87. The van der Waals surface area contributed by atoms with Gasteiger partial charge in [0.2, 0.25) is 0 Å². The first kappa shape index (κ1) is 12.6. The lowest BCUT2D eigenvalue weighted by molar-refractivity contribution is 0.0608. The molecule has 3 heterocycles. The number of nitrogens with zero attached hydrogens (tertiary/aromatic N) is 2. The molecule has 20 heavy (non-hydrogen) atoms. The van der Waals surface area contributed by atoms with Gasteiger partial charge in [0.15, 0.2) is 0 Å². The van der Waals surface area contributed by atoms with E-state index in [9.17, 15) is 0 Å². The Hall–Kier alpha value is -1.09. The van der Waals surface area contributed by atoms with Crippen LogP contribution in [-0.2, 0) is 12.8 Å². The van der Waals surface area contributed by atoms with E-state index in [1.54, 1.807) is 0 Å². The predicted molar refractivity (Wildman–Crippen MR) is 82.1 cm³/mol. The Labute approximate surface area is 121 Å². The molecule has 0 saturated carbocycles. The summed E-state index contributed by atoms with van der Waals surface area (Å²) in [6, 6.07) is 6.67. The molecular formula is C17H25N3. The van der Waals surface area contributed by atoms with Gasteiger partial charge in [0.1, 0.15) is 5.82 Å². The van der Waals surface area contributed by atoms with E-state index in [1.807, 2.05) is 0 Å². The second-order valence-electron chi connectivity index (χ2n) is 6.87. The molecule has 2 atom stereocenters. The smallest absolute Gasteiger partial charge is 0.126 e. The van der Waals surface area contributed by atoms with Crippen molar-refractivity contribution in [2.45, 2.75) is 69.5 Å². The standard InChI is InChI=1S/C17H25N3/c1-20-14-5-3-6-15(20)11-13(10-14)18-17-9-8-12-4-2-7-16(12)19-17/h8-9,13-15H,2-7,10-11H2,1H3,(H,18,19). The van der Waals surface area contributed by atoms with Crippen LogP contribution in [0.4, 0.5) is 5.82 Å². The van der Waals surface area contributed by atoms with E-state index in [2.05, 4.69) is 29.4 Å². The molecule has 1 aromatic heterocycles. The van der Waals surface area contributed by atoms with Gasteiger partial charge in [-0.25, -0.2) is 4.98 Å². The highest BCUT2D eigenvalue weighted by Crippen LogP contribution is 2.34. The molecular weight excluding hydrogens is 246 g/mol. The van der Waals surface area contributed by atoms with Crippen LogP contribution >= 0.6 is 0 Å². The molecule has 1 aromatic rings. The molecule has 4 rings (SSSR count). The number of hydrogen-bond acceptors (Lipinski definition) is 3. The van der Waals surface area contributed by atoms with Gasteiger partial charge in [0.25, 0.3) is 0 Å². The molecule has 108 valence electrons. The number of hydrogen-bond donors (Lipinski definition) is 1. The molecule has 1 aliphatic carbocycles. The van der Waals surface area contributed by atoms with E-state index in [1.165, 1.54) is 62.6 Å². The number of pyridine rings is 1. The number of rotatable bonds is 2. The minimum Gasteiger partial charge on any atom is -0.367 e. The Balaban J connectivity index is 1.47. The van der Waals surface area contributed by atoms with Crippen molar-refractivity contribution >= 4 is 5.82 Å². The minimum atomic E-state index is 0.619. The lowest BCUT2D eigenvalue weighted by atomic mass is 9.82. The fourth-order valence-electron chi connectivity index (χ4n) is 4.44. The van der Waals surface area contributed by atoms with Crippen LogP contribution in [0.15, 0.2) is 12.1 Å². The third-order valence-corrected chi connectivity index (χ3v) is 5.62. The van der Waals surface area contributed by atoms with Gasteiger partial charge < -0.3 is 10.2 Å².